The largest absolute Gasteiger partial charge is 0.359 e. The van der Waals surface area contributed by atoms with Crippen LogP contribution in [-0.4, -0.2) is 21.4 Å². The van der Waals surface area contributed by atoms with Crippen LogP contribution in [0.15, 0.2) is 10.6 Å². The lowest BCUT2D eigenvalue weighted by Crippen LogP contribution is -2.20. The first-order chi connectivity index (χ1) is 10.6. The van der Waals surface area contributed by atoms with Crippen LogP contribution < -0.4 is 10.6 Å². The molecule has 0 spiro atoms. The summed E-state index contributed by atoms with van der Waals surface area (Å²) in [5.74, 6) is 2.96. The molecule has 4 rings (SSSR count). The summed E-state index contributed by atoms with van der Waals surface area (Å²) in [5, 5.41) is 16.7. The molecule has 7 nitrogen and oxygen atoms in total. The Morgan fingerprint density at radius 3 is 2.86 bits per heavy atom. The lowest BCUT2D eigenvalue weighted by atomic mass is 10.2. The van der Waals surface area contributed by atoms with Gasteiger partial charge in [0.1, 0.15) is 11.4 Å². The van der Waals surface area contributed by atoms with Crippen LogP contribution in [0.5, 0.6) is 0 Å². The molecular formula is C15H19N5O2. The number of rotatable bonds is 4. The molecule has 2 amide bonds. The number of hydrogen-bond acceptors (Lipinski definition) is 4. The molecule has 22 heavy (non-hydrogen) atoms. The minimum absolute atomic E-state index is 0.324. The smallest absolute Gasteiger partial charge is 0.325 e. The van der Waals surface area contributed by atoms with Gasteiger partial charge in [0, 0.05) is 23.6 Å². The minimum atomic E-state index is -0.324. The van der Waals surface area contributed by atoms with Crippen molar-refractivity contribution in [2.75, 3.05) is 10.6 Å². The number of aromatic nitrogens is 3. The maximum Gasteiger partial charge on any atom is 0.325 e. The summed E-state index contributed by atoms with van der Waals surface area (Å²) in [5.41, 5.74) is 2.47. The van der Waals surface area contributed by atoms with E-state index in [2.05, 4.69) is 32.9 Å². The zero-order valence-corrected chi connectivity index (χ0v) is 12.6. The Morgan fingerprint density at radius 1 is 1.41 bits per heavy atom. The van der Waals surface area contributed by atoms with Crippen molar-refractivity contribution >= 4 is 17.5 Å². The van der Waals surface area contributed by atoms with Crippen molar-refractivity contribution in [3.05, 3.63) is 23.2 Å². The molecule has 0 radical (unpaired) electrons. The van der Waals surface area contributed by atoms with Crippen LogP contribution in [0.2, 0.25) is 0 Å². The highest BCUT2D eigenvalue weighted by molar-refractivity contribution is 5.99. The molecule has 0 aliphatic heterocycles. The molecule has 3 N–H and O–H groups in total. The molecular weight excluding hydrogens is 282 g/mol. The first-order valence-electron chi connectivity index (χ1n) is 7.71. The molecule has 7 heteroatoms. The first-order valence-corrected chi connectivity index (χ1v) is 7.71. The third-order valence-electron chi connectivity index (χ3n) is 4.42. The van der Waals surface area contributed by atoms with Crippen LogP contribution in [0, 0.1) is 12.8 Å². The third-order valence-corrected chi connectivity index (χ3v) is 4.42. The number of carbonyl (C=O) groups excluding carboxylic acids is 1. The SMILES string of the molecule is Cc1noc(C2CC2)c1NC(=O)Nc1cc(C2CC2C)[nH]n1. The van der Waals surface area contributed by atoms with Crippen LogP contribution in [-0.2, 0) is 0 Å². The fourth-order valence-electron chi connectivity index (χ4n) is 2.77. The van der Waals surface area contributed by atoms with Gasteiger partial charge in [-0.1, -0.05) is 12.1 Å². The number of amides is 2. The topological polar surface area (TPSA) is 95.8 Å². The molecule has 116 valence electrons. The maximum absolute atomic E-state index is 12.1. The van der Waals surface area contributed by atoms with Crippen molar-refractivity contribution in [1.82, 2.24) is 15.4 Å². The van der Waals surface area contributed by atoms with Gasteiger partial charge in [-0.2, -0.15) is 5.10 Å². The Labute approximate surface area is 127 Å². The Balaban J connectivity index is 1.42. The summed E-state index contributed by atoms with van der Waals surface area (Å²) < 4.78 is 5.31. The normalized spacial score (nSPS) is 23.4. The van der Waals surface area contributed by atoms with E-state index in [1.807, 2.05) is 13.0 Å². The quantitative estimate of drug-likeness (QED) is 0.807. The van der Waals surface area contributed by atoms with Crippen molar-refractivity contribution in [2.45, 2.75) is 44.9 Å². The summed E-state index contributed by atoms with van der Waals surface area (Å²) in [6, 6.07) is 1.57. The van der Waals surface area contributed by atoms with Gasteiger partial charge in [0.15, 0.2) is 11.6 Å². The third kappa shape index (κ3) is 2.47. The number of carbonyl (C=O) groups is 1. The van der Waals surface area contributed by atoms with Crippen LogP contribution in [0.4, 0.5) is 16.3 Å². The molecule has 2 unspecified atom stereocenters. The van der Waals surface area contributed by atoms with Gasteiger partial charge >= 0.3 is 6.03 Å². The summed E-state index contributed by atoms with van der Waals surface area (Å²) in [7, 11) is 0. The highest BCUT2D eigenvalue weighted by Crippen LogP contribution is 2.46. The van der Waals surface area contributed by atoms with Crippen molar-refractivity contribution in [2.24, 2.45) is 5.92 Å². The molecule has 2 aromatic rings. The fourth-order valence-corrected chi connectivity index (χ4v) is 2.77. The van der Waals surface area contributed by atoms with E-state index in [1.54, 1.807) is 0 Å². The van der Waals surface area contributed by atoms with E-state index in [1.165, 1.54) is 6.42 Å². The van der Waals surface area contributed by atoms with Crippen LogP contribution >= 0.6 is 0 Å². The number of nitrogens with one attached hydrogen (secondary N) is 3. The van der Waals surface area contributed by atoms with Gasteiger partial charge in [-0.3, -0.25) is 10.4 Å². The number of nitrogens with zero attached hydrogens (tertiary/aromatic N) is 2. The lowest BCUT2D eigenvalue weighted by Gasteiger charge is -2.05. The highest BCUT2D eigenvalue weighted by atomic mass is 16.5. The Morgan fingerprint density at radius 2 is 2.18 bits per heavy atom. The zero-order valence-electron chi connectivity index (χ0n) is 12.6. The average Bonchev–Trinajstić information content (AvgIpc) is 3.37. The highest BCUT2D eigenvalue weighted by Gasteiger charge is 2.35. The minimum Gasteiger partial charge on any atom is -0.359 e. The van der Waals surface area contributed by atoms with Gasteiger partial charge in [-0.05, 0) is 32.1 Å². The van der Waals surface area contributed by atoms with E-state index in [-0.39, 0.29) is 6.03 Å². The summed E-state index contributed by atoms with van der Waals surface area (Å²) in [4.78, 5) is 12.1. The number of H-pyrrole nitrogens is 1. The second-order valence-corrected chi connectivity index (χ2v) is 6.39. The zero-order chi connectivity index (χ0) is 15.3. The Bertz CT molecular complexity index is 715. The van der Waals surface area contributed by atoms with Gasteiger partial charge in [-0.15, -0.1) is 0 Å². The van der Waals surface area contributed by atoms with Gasteiger partial charge in [0.05, 0.1) is 0 Å². The van der Waals surface area contributed by atoms with Crippen molar-refractivity contribution < 1.29 is 9.32 Å². The van der Waals surface area contributed by atoms with Crippen LogP contribution in [0.1, 0.15) is 55.2 Å². The number of aromatic amines is 1. The fraction of sp³-hybridized carbons (Fsp3) is 0.533. The van der Waals surface area contributed by atoms with E-state index in [9.17, 15) is 4.79 Å². The monoisotopic (exact) mass is 301 g/mol. The van der Waals surface area contributed by atoms with Crippen molar-refractivity contribution in [3.63, 3.8) is 0 Å². The number of aryl methyl sites for hydroxylation is 1. The van der Waals surface area contributed by atoms with E-state index in [0.29, 0.717) is 35.0 Å². The molecule has 2 aliphatic rings. The molecule has 2 saturated carbocycles. The van der Waals surface area contributed by atoms with Crippen LogP contribution in [0.3, 0.4) is 0 Å². The predicted molar refractivity (Wildman–Crippen MR) is 81.0 cm³/mol. The summed E-state index contributed by atoms with van der Waals surface area (Å²) in [6.45, 7) is 4.03. The number of urea groups is 1. The molecule has 2 aromatic heterocycles. The Hall–Kier alpha value is -2.31. The Kier molecular flexibility index (Phi) is 2.95. The van der Waals surface area contributed by atoms with Gasteiger partial charge in [0.2, 0.25) is 0 Å². The molecule has 2 atom stereocenters. The molecule has 2 aliphatic carbocycles. The van der Waals surface area contributed by atoms with Crippen molar-refractivity contribution in [1.29, 1.82) is 0 Å². The second kappa shape index (κ2) is 4.86. The second-order valence-electron chi connectivity index (χ2n) is 6.39. The van der Waals surface area contributed by atoms with Gasteiger partial charge < -0.3 is 9.84 Å². The maximum atomic E-state index is 12.1. The van der Waals surface area contributed by atoms with Gasteiger partial charge in [0.25, 0.3) is 0 Å². The van der Waals surface area contributed by atoms with E-state index in [4.69, 9.17) is 4.52 Å². The summed E-state index contributed by atoms with van der Waals surface area (Å²) in [6.07, 6.45) is 3.36. The van der Waals surface area contributed by atoms with Crippen LogP contribution in [0.25, 0.3) is 0 Å². The van der Waals surface area contributed by atoms with E-state index < -0.39 is 0 Å². The predicted octanol–water partition coefficient (Wildman–Crippen LogP) is 3.35. The van der Waals surface area contributed by atoms with Crippen molar-refractivity contribution in [3.8, 4) is 0 Å². The molecule has 0 saturated heterocycles. The first kappa shape index (κ1) is 13.4. The standard InChI is InChI=1S/C15H19N5O2/c1-7-5-10(7)11-6-12(19-18-11)16-15(21)17-13-8(2)20-22-14(13)9-3-4-9/h6-7,9-10H,3-5H2,1-2H3,(H3,16,17,18,19,21). The molecule has 0 aromatic carbocycles. The van der Waals surface area contributed by atoms with E-state index in [0.717, 1.165) is 24.3 Å². The lowest BCUT2D eigenvalue weighted by molar-refractivity contribution is 0.262. The molecule has 2 heterocycles. The van der Waals surface area contributed by atoms with E-state index >= 15 is 0 Å². The summed E-state index contributed by atoms with van der Waals surface area (Å²) >= 11 is 0. The molecule has 2 fully saturated rings. The number of hydrogen-bond donors (Lipinski definition) is 3. The van der Waals surface area contributed by atoms with Gasteiger partial charge in [-0.25, -0.2) is 4.79 Å². The average molecular weight is 301 g/mol. The number of anilines is 2. The molecule has 0 bridgehead atoms.